The van der Waals surface area contributed by atoms with E-state index in [2.05, 4.69) is 31.8 Å². The fraction of sp³-hybridized carbons (Fsp3) is 0.280. The number of para-hydroxylation sites is 1. The number of benzene rings is 4. The Balaban J connectivity index is 1.14. The van der Waals surface area contributed by atoms with Crippen molar-refractivity contribution in [3.63, 3.8) is 0 Å². The quantitative estimate of drug-likeness (QED) is 0.140. The van der Waals surface area contributed by atoms with Crippen molar-refractivity contribution in [2.45, 2.75) is 38.9 Å². The van der Waals surface area contributed by atoms with E-state index in [-0.39, 0.29) is 37.1 Å². The van der Waals surface area contributed by atoms with Gasteiger partial charge in [-0.05, 0) is 90.7 Å². The molecule has 0 radical (unpaired) electrons. The third-order valence-corrected chi connectivity index (χ3v) is 13.8. The van der Waals surface area contributed by atoms with Gasteiger partial charge in [-0.1, -0.05) is 54.1 Å². The van der Waals surface area contributed by atoms with Crippen LogP contribution in [0.4, 0.5) is 10.1 Å². The van der Waals surface area contributed by atoms with E-state index in [9.17, 15) is 19.1 Å². The average molecular weight is 928 g/mol. The number of aromatic nitrogens is 4. The molecule has 4 aromatic carbocycles. The third-order valence-electron chi connectivity index (χ3n) is 12.1. The van der Waals surface area contributed by atoms with E-state index >= 15 is 0 Å². The number of anilines is 1. The van der Waals surface area contributed by atoms with Crippen molar-refractivity contribution in [2.24, 2.45) is 0 Å². The van der Waals surface area contributed by atoms with E-state index in [0.29, 0.717) is 91.3 Å². The molecule has 1 fully saturated rings. The van der Waals surface area contributed by atoms with Crippen molar-refractivity contribution >= 4 is 50.7 Å². The number of aryl methyl sites for hydroxylation is 1. The maximum absolute atomic E-state index is 14.6. The summed E-state index contributed by atoms with van der Waals surface area (Å²) in [6.45, 7) is 6.70. The number of hydrogen-bond donors (Lipinski definition) is 1. The Kier molecular flexibility index (Phi) is 13.2. The van der Waals surface area contributed by atoms with Gasteiger partial charge >= 0.3 is 5.97 Å². The predicted octanol–water partition coefficient (Wildman–Crippen LogP) is 8.77. The molecule has 13 nitrogen and oxygen atoms in total. The van der Waals surface area contributed by atoms with Crippen LogP contribution >= 0.6 is 22.9 Å². The molecule has 16 heteroatoms. The fourth-order valence-electron chi connectivity index (χ4n) is 8.48. The van der Waals surface area contributed by atoms with Crippen LogP contribution < -0.4 is 19.1 Å². The number of amides is 1. The largest absolute Gasteiger partial charge is 0.496 e. The van der Waals surface area contributed by atoms with Crippen LogP contribution in [0.25, 0.3) is 43.2 Å². The molecule has 66 heavy (non-hydrogen) atoms. The van der Waals surface area contributed by atoms with Gasteiger partial charge in [0.25, 0.3) is 0 Å². The summed E-state index contributed by atoms with van der Waals surface area (Å²) < 4.78 is 32.8. The van der Waals surface area contributed by atoms with Crippen LogP contribution in [0.15, 0.2) is 97.5 Å². The molecule has 10 rings (SSSR count). The van der Waals surface area contributed by atoms with Gasteiger partial charge in [-0.2, -0.15) is 0 Å². The van der Waals surface area contributed by atoms with Crippen molar-refractivity contribution in [2.75, 3.05) is 58.3 Å². The zero-order valence-electron chi connectivity index (χ0n) is 36.7. The number of methoxy groups -OCH3 is 1. The van der Waals surface area contributed by atoms with Gasteiger partial charge in [-0.3, -0.25) is 9.69 Å². The van der Waals surface area contributed by atoms with Gasteiger partial charge in [0, 0.05) is 68.7 Å². The number of piperazine rings is 1. The Hall–Kier alpha value is -6.52. The average Bonchev–Trinajstić information content (AvgIpc) is 3.72. The molecule has 1 amide bonds. The van der Waals surface area contributed by atoms with E-state index in [4.69, 9.17) is 30.8 Å². The summed E-state index contributed by atoms with van der Waals surface area (Å²) in [5.41, 5.74) is 6.02. The van der Waals surface area contributed by atoms with E-state index in [1.165, 1.54) is 29.8 Å². The minimum atomic E-state index is -1.44. The molecular formula is C50H47ClFN7O6S. The summed E-state index contributed by atoms with van der Waals surface area (Å²) in [5.74, 6) is -0.140. The molecule has 0 aliphatic carbocycles. The molecule has 0 spiro atoms. The Morgan fingerprint density at radius 2 is 1.74 bits per heavy atom. The Labute approximate surface area is 390 Å². The van der Waals surface area contributed by atoms with Gasteiger partial charge in [-0.25, -0.2) is 29.1 Å². The van der Waals surface area contributed by atoms with E-state index in [1.54, 1.807) is 42.5 Å². The third kappa shape index (κ3) is 9.43. The monoisotopic (exact) mass is 927 g/mol. The van der Waals surface area contributed by atoms with E-state index < -0.39 is 12.1 Å². The number of carbonyl (C=O) groups is 2. The van der Waals surface area contributed by atoms with Gasteiger partial charge in [-0.15, -0.1) is 11.3 Å². The minimum Gasteiger partial charge on any atom is -0.496 e. The Morgan fingerprint density at radius 1 is 0.939 bits per heavy atom. The summed E-state index contributed by atoms with van der Waals surface area (Å²) in [5, 5.41) is 11.7. The number of carboxylic acids is 1. The first kappa shape index (κ1) is 44.7. The molecule has 0 unspecified atom stereocenters. The Morgan fingerprint density at radius 3 is 2.53 bits per heavy atom. The van der Waals surface area contributed by atoms with E-state index in [1.807, 2.05) is 55.5 Å². The highest BCUT2D eigenvalue weighted by Gasteiger charge is 2.30. The van der Waals surface area contributed by atoms with Gasteiger partial charge < -0.3 is 29.1 Å². The van der Waals surface area contributed by atoms with Gasteiger partial charge in [0.1, 0.15) is 35.1 Å². The lowest BCUT2D eigenvalue weighted by atomic mass is 9.95. The molecule has 4 bridgehead atoms. The van der Waals surface area contributed by atoms with Gasteiger partial charge in [0.2, 0.25) is 17.9 Å². The molecule has 6 heterocycles. The molecule has 3 aliphatic heterocycles. The highest BCUT2D eigenvalue weighted by molar-refractivity contribution is 7.22. The molecule has 1 atom stereocenters. The van der Waals surface area contributed by atoms with Crippen LogP contribution in [0, 0.1) is 12.7 Å². The number of aliphatic carboxylic acids is 1. The highest BCUT2D eigenvalue weighted by Crippen LogP contribution is 2.50. The van der Waals surface area contributed by atoms with Crippen molar-refractivity contribution in [3.8, 4) is 50.3 Å². The van der Waals surface area contributed by atoms with Crippen LogP contribution in [0.5, 0.6) is 17.4 Å². The van der Waals surface area contributed by atoms with Crippen molar-refractivity contribution in [1.29, 1.82) is 0 Å². The summed E-state index contributed by atoms with van der Waals surface area (Å²) >= 11 is 8.72. The first-order valence-electron chi connectivity index (χ1n) is 21.7. The summed E-state index contributed by atoms with van der Waals surface area (Å²) in [4.78, 5) is 53.9. The van der Waals surface area contributed by atoms with Crippen LogP contribution in [-0.2, 0) is 29.0 Å². The SMILES string of the molecule is COc1ccccc1-c1nccc(COc2ccc3cc2C[C@H](C(=O)O)Oc2ncnc4sc(-c5ccc(F)cc5)c(c24)-c2ccc(c(Cl)c2C)N(CCN2CCN(C)CC2)C(=O)CC3)n1. The number of thiophene rings is 1. The number of carboxylic acid groups (broad SMARTS) is 1. The van der Waals surface area contributed by atoms with E-state index in [0.717, 1.165) is 42.2 Å². The molecule has 3 aliphatic rings. The number of rotatable bonds is 10. The van der Waals surface area contributed by atoms with Crippen molar-refractivity contribution in [3.05, 3.63) is 131 Å². The molecule has 1 N–H and O–H groups in total. The maximum atomic E-state index is 14.6. The predicted molar refractivity (Wildman–Crippen MR) is 253 cm³/mol. The number of carbonyl (C=O) groups excluding carboxylic acids is 1. The molecule has 338 valence electrons. The highest BCUT2D eigenvalue weighted by atomic mass is 35.5. The topological polar surface area (TPSA) is 143 Å². The second-order valence-electron chi connectivity index (χ2n) is 16.4. The number of nitrogens with zero attached hydrogens (tertiary/aromatic N) is 7. The number of ether oxygens (including phenoxy) is 3. The second-order valence-corrected chi connectivity index (χ2v) is 17.8. The molecule has 0 saturated carbocycles. The van der Waals surface area contributed by atoms with Crippen LogP contribution in [0.1, 0.15) is 28.8 Å². The number of likely N-dealkylation sites (N-methyl/N-ethyl adjacent to an activating group) is 1. The van der Waals surface area contributed by atoms with Gasteiger partial charge in [0.15, 0.2) is 5.82 Å². The molecule has 3 aromatic heterocycles. The smallest absolute Gasteiger partial charge is 0.345 e. The standard InChI is InChI=1S/C50H47ClFN7O6S/c1-30-36-14-15-38(45(30)51)59(25-24-58-22-20-57(2)21-23-58)42(60)17-9-31-8-16-39(64-28-35-18-19-53-47(56-35)37-6-4-5-7-40(37)63-3)33(26-31)27-41(50(61)62)65-48-44-43(36)46(66-49(44)55-29-54-48)32-10-12-34(52)13-11-32/h4-8,10-16,18-19,26,29,41H,9,17,20-25,27-28H2,1-3H3,(H,61,62)/t41-/m1/s1. The zero-order chi connectivity index (χ0) is 45.9. The van der Waals surface area contributed by atoms with Gasteiger partial charge in [0.05, 0.1) is 34.5 Å². The molecule has 1 saturated heterocycles. The van der Waals surface area contributed by atoms with Crippen LogP contribution in [0.3, 0.4) is 0 Å². The molecular weight excluding hydrogens is 881 g/mol. The fourth-order valence-corrected chi connectivity index (χ4v) is 9.90. The lowest BCUT2D eigenvalue weighted by Gasteiger charge is -2.34. The van der Waals surface area contributed by atoms with Crippen molar-refractivity contribution < 1.29 is 33.3 Å². The normalized spacial score (nSPS) is 16.0. The minimum absolute atomic E-state index is 0.0463. The number of fused-ring (bicyclic) bond motifs is 7. The summed E-state index contributed by atoms with van der Waals surface area (Å²) in [6, 6.07) is 24.7. The lowest BCUT2D eigenvalue weighted by molar-refractivity contribution is -0.145. The second kappa shape index (κ2) is 19.5. The first-order valence-corrected chi connectivity index (χ1v) is 22.9. The molecule has 7 aromatic rings. The maximum Gasteiger partial charge on any atom is 0.345 e. The number of hydrogen-bond acceptors (Lipinski definition) is 12. The van der Waals surface area contributed by atoms with Crippen molar-refractivity contribution in [1.82, 2.24) is 29.7 Å². The first-order chi connectivity index (χ1) is 32.0. The zero-order valence-corrected chi connectivity index (χ0v) is 38.2. The Bertz CT molecular complexity index is 2930. The summed E-state index contributed by atoms with van der Waals surface area (Å²) in [7, 11) is 3.70. The van der Waals surface area contributed by atoms with Crippen LogP contribution in [0.2, 0.25) is 5.02 Å². The summed E-state index contributed by atoms with van der Waals surface area (Å²) in [6.07, 6.45) is 1.97. The number of halogens is 2. The lowest BCUT2D eigenvalue weighted by Crippen LogP contribution is -2.47. The van der Waals surface area contributed by atoms with Crippen LogP contribution in [-0.4, -0.2) is 106 Å².